The molecule has 61 heavy (non-hydrogen) atoms. The average molecular weight is 779 g/mol. The molecule has 0 amide bonds. The molecule has 0 saturated carbocycles. The van der Waals surface area contributed by atoms with Crippen LogP contribution in [0.3, 0.4) is 0 Å². The molecule has 0 fully saturated rings. The minimum atomic E-state index is 0.864. The third-order valence-electron chi connectivity index (χ3n) is 12.2. The van der Waals surface area contributed by atoms with Gasteiger partial charge in [0, 0.05) is 50.2 Å². The van der Waals surface area contributed by atoms with Crippen molar-refractivity contribution in [2.45, 2.75) is 0 Å². The van der Waals surface area contributed by atoms with E-state index >= 15 is 0 Å². The minimum Gasteiger partial charge on any atom is -0.456 e. The molecule has 0 aliphatic rings. The highest BCUT2D eigenvalue weighted by Crippen LogP contribution is 2.42. The van der Waals surface area contributed by atoms with Crippen LogP contribution in [-0.4, -0.2) is 4.57 Å². The Morgan fingerprint density at radius 2 is 0.869 bits per heavy atom. The molecule has 0 spiro atoms. The lowest BCUT2D eigenvalue weighted by atomic mass is 9.97. The molecular weight excluding hydrogens is 741 g/mol. The molecule has 2 aromatic heterocycles. The van der Waals surface area contributed by atoms with E-state index in [2.05, 4.69) is 228 Å². The maximum absolute atomic E-state index is 6.43. The number of fused-ring (bicyclic) bond motifs is 7. The molecular formula is C58H38N2O. The van der Waals surface area contributed by atoms with Gasteiger partial charge in [0.05, 0.1) is 16.7 Å². The van der Waals surface area contributed by atoms with Crippen LogP contribution in [0.5, 0.6) is 0 Å². The monoisotopic (exact) mass is 778 g/mol. The second-order valence-corrected chi connectivity index (χ2v) is 15.7. The Morgan fingerprint density at radius 1 is 0.311 bits per heavy atom. The molecule has 0 bridgehead atoms. The molecule has 0 saturated heterocycles. The second-order valence-electron chi connectivity index (χ2n) is 15.7. The molecule has 0 aliphatic heterocycles. The summed E-state index contributed by atoms with van der Waals surface area (Å²) in [5.74, 6) is 0. The molecule has 12 rings (SSSR count). The number of rotatable bonds is 7. The van der Waals surface area contributed by atoms with Crippen molar-refractivity contribution >= 4 is 71.6 Å². The zero-order valence-electron chi connectivity index (χ0n) is 33.2. The number of hydrogen-bond acceptors (Lipinski definition) is 2. The van der Waals surface area contributed by atoms with Crippen molar-refractivity contribution in [3.63, 3.8) is 0 Å². The van der Waals surface area contributed by atoms with Crippen LogP contribution >= 0.6 is 0 Å². The van der Waals surface area contributed by atoms with Gasteiger partial charge in [-0.3, -0.25) is 0 Å². The summed E-state index contributed by atoms with van der Waals surface area (Å²) >= 11 is 0. The number of furan rings is 1. The van der Waals surface area contributed by atoms with Crippen LogP contribution in [-0.2, 0) is 0 Å². The lowest BCUT2D eigenvalue weighted by molar-refractivity contribution is 0.669. The summed E-state index contributed by atoms with van der Waals surface area (Å²) in [5.41, 5.74) is 15.5. The van der Waals surface area contributed by atoms with E-state index in [1.54, 1.807) is 0 Å². The summed E-state index contributed by atoms with van der Waals surface area (Å²) in [6.45, 7) is 0. The maximum Gasteiger partial charge on any atom is 0.137 e. The van der Waals surface area contributed by atoms with Crippen LogP contribution in [0.1, 0.15) is 0 Å². The van der Waals surface area contributed by atoms with Gasteiger partial charge in [-0.25, -0.2) is 0 Å². The lowest BCUT2D eigenvalue weighted by Gasteiger charge is -2.26. The Labute approximate surface area is 353 Å². The molecule has 12 aromatic rings. The first-order valence-corrected chi connectivity index (χ1v) is 20.8. The molecule has 10 aromatic carbocycles. The topological polar surface area (TPSA) is 21.3 Å². The van der Waals surface area contributed by atoms with Crippen molar-refractivity contribution in [1.82, 2.24) is 4.57 Å². The van der Waals surface area contributed by atoms with Crippen molar-refractivity contribution in [1.29, 1.82) is 0 Å². The highest BCUT2D eigenvalue weighted by atomic mass is 16.3. The van der Waals surface area contributed by atoms with Crippen LogP contribution in [0.15, 0.2) is 235 Å². The minimum absolute atomic E-state index is 0.864. The van der Waals surface area contributed by atoms with Gasteiger partial charge < -0.3 is 13.9 Å². The maximum atomic E-state index is 6.43. The van der Waals surface area contributed by atoms with Gasteiger partial charge in [0.15, 0.2) is 0 Å². The van der Waals surface area contributed by atoms with Crippen molar-refractivity contribution in [2.24, 2.45) is 0 Å². The van der Waals surface area contributed by atoms with Gasteiger partial charge in [-0.1, -0.05) is 158 Å². The van der Waals surface area contributed by atoms with Gasteiger partial charge in [-0.05, 0) is 105 Å². The molecule has 0 N–H and O–H groups in total. The molecule has 286 valence electrons. The van der Waals surface area contributed by atoms with Gasteiger partial charge in [-0.2, -0.15) is 0 Å². The van der Waals surface area contributed by atoms with Gasteiger partial charge >= 0.3 is 0 Å². The molecule has 0 atom stereocenters. The van der Waals surface area contributed by atoms with Gasteiger partial charge in [0.2, 0.25) is 0 Å². The Bertz CT molecular complexity index is 3550. The first-order valence-electron chi connectivity index (χ1n) is 20.8. The van der Waals surface area contributed by atoms with Crippen LogP contribution in [0, 0.1) is 0 Å². The fourth-order valence-corrected chi connectivity index (χ4v) is 9.35. The molecule has 0 aliphatic carbocycles. The number of benzene rings is 10. The Balaban J connectivity index is 0.956. The van der Waals surface area contributed by atoms with E-state index in [-0.39, 0.29) is 0 Å². The SMILES string of the molecule is c1cc(-c2ccc(N(c3cccc(-c4cccc5ccccc45)c3)c3ccc4c(c3)oc3ccccc34)cc2)cc(-c2ccccc2-n2c3ccccc3c3ccccc32)c1. The number of para-hydroxylation sites is 4. The first kappa shape index (κ1) is 34.9. The van der Waals surface area contributed by atoms with E-state index < -0.39 is 0 Å². The quantitative estimate of drug-likeness (QED) is 0.161. The molecule has 0 unspecified atom stereocenters. The van der Waals surface area contributed by atoms with Crippen LogP contribution in [0.4, 0.5) is 17.1 Å². The highest BCUT2D eigenvalue weighted by molar-refractivity contribution is 6.10. The molecule has 2 heterocycles. The van der Waals surface area contributed by atoms with E-state index in [4.69, 9.17) is 4.42 Å². The van der Waals surface area contributed by atoms with E-state index in [9.17, 15) is 0 Å². The van der Waals surface area contributed by atoms with Crippen molar-refractivity contribution < 1.29 is 4.42 Å². The largest absolute Gasteiger partial charge is 0.456 e. The number of aromatic nitrogens is 1. The normalized spacial score (nSPS) is 11.6. The number of anilines is 3. The molecule has 3 nitrogen and oxygen atoms in total. The fourth-order valence-electron chi connectivity index (χ4n) is 9.35. The smallest absolute Gasteiger partial charge is 0.137 e. The van der Waals surface area contributed by atoms with Crippen molar-refractivity contribution in [3.8, 4) is 39.1 Å². The summed E-state index contributed by atoms with van der Waals surface area (Å²) in [6.07, 6.45) is 0. The standard InChI is InChI=1S/C58H38N2O/c1-2-20-47-40(14-1)15-13-25-48(47)43-18-12-19-45(37-43)59(46-34-35-53-52-24-6-10-29-57(52)61-58(53)38-46)44-32-30-39(31-33-44)41-16-11-17-42(36-41)49-21-3-7-26-54(49)60-55-27-8-4-22-50(55)51-23-5-9-28-56(51)60/h1-38H. The van der Waals surface area contributed by atoms with E-state index in [1.165, 1.54) is 54.8 Å². The zero-order chi connectivity index (χ0) is 40.3. The summed E-state index contributed by atoms with van der Waals surface area (Å²) in [5, 5.41) is 7.22. The average Bonchev–Trinajstić information content (AvgIpc) is 3.87. The van der Waals surface area contributed by atoms with Crippen molar-refractivity contribution in [2.75, 3.05) is 4.90 Å². The van der Waals surface area contributed by atoms with Crippen LogP contribution in [0.2, 0.25) is 0 Å². The Morgan fingerprint density at radius 3 is 1.69 bits per heavy atom. The van der Waals surface area contributed by atoms with Gasteiger partial charge in [0.25, 0.3) is 0 Å². The third kappa shape index (κ3) is 5.90. The summed E-state index contributed by atoms with van der Waals surface area (Å²) in [6, 6.07) is 82.9. The lowest BCUT2D eigenvalue weighted by Crippen LogP contribution is -2.10. The number of nitrogens with zero attached hydrogens (tertiary/aromatic N) is 2. The molecule has 3 heteroatoms. The Hall–Kier alpha value is -8.14. The van der Waals surface area contributed by atoms with E-state index in [1.807, 2.05) is 12.1 Å². The zero-order valence-corrected chi connectivity index (χ0v) is 33.2. The summed E-state index contributed by atoms with van der Waals surface area (Å²) in [7, 11) is 0. The summed E-state index contributed by atoms with van der Waals surface area (Å²) in [4.78, 5) is 2.34. The molecule has 0 radical (unpaired) electrons. The predicted octanol–water partition coefficient (Wildman–Crippen LogP) is 16.3. The van der Waals surface area contributed by atoms with Crippen LogP contribution < -0.4 is 4.90 Å². The van der Waals surface area contributed by atoms with Gasteiger partial charge in [-0.15, -0.1) is 0 Å². The third-order valence-corrected chi connectivity index (χ3v) is 12.2. The van der Waals surface area contributed by atoms with Gasteiger partial charge in [0.1, 0.15) is 11.2 Å². The van der Waals surface area contributed by atoms with E-state index in [0.717, 1.165) is 55.8 Å². The number of hydrogen-bond donors (Lipinski definition) is 0. The van der Waals surface area contributed by atoms with Crippen molar-refractivity contribution in [3.05, 3.63) is 231 Å². The highest BCUT2D eigenvalue weighted by Gasteiger charge is 2.19. The first-order chi connectivity index (χ1) is 30.2. The summed E-state index contributed by atoms with van der Waals surface area (Å²) < 4.78 is 8.84. The van der Waals surface area contributed by atoms with Crippen LogP contribution in [0.25, 0.3) is 93.6 Å². The second kappa shape index (κ2) is 14.3. The van der Waals surface area contributed by atoms with E-state index in [0.29, 0.717) is 0 Å². The fraction of sp³-hybridized carbons (Fsp3) is 0. The predicted molar refractivity (Wildman–Crippen MR) is 257 cm³/mol. The Kier molecular flexibility index (Phi) is 8.17.